The van der Waals surface area contributed by atoms with Gasteiger partial charge in [0.2, 0.25) is 0 Å². The number of ether oxygens (including phenoxy) is 1. The number of hydrogen-bond donors (Lipinski definition) is 1. The smallest absolute Gasteiger partial charge is 0.296 e. The maximum atomic E-state index is 13.5. The van der Waals surface area contributed by atoms with Crippen LogP contribution in [-0.4, -0.2) is 28.8 Å². The topological polar surface area (TPSA) is 80.0 Å². The van der Waals surface area contributed by atoms with E-state index in [1.54, 1.807) is 36.4 Å². The Hall–Kier alpha value is -3.87. The number of carbonyl (C=O) groups excluding carboxylic acids is 2. The summed E-state index contributed by atoms with van der Waals surface area (Å²) in [5.74, 6) is -1.28. The molecule has 1 N–H and O–H groups in total. The molecule has 2 heterocycles. The Morgan fingerprint density at radius 3 is 2.40 bits per heavy atom. The summed E-state index contributed by atoms with van der Waals surface area (Å²) in [6.45, 7) is 0.0268. The highest BCUT2D eigenvalue weighted by Crippen LogP contribution is 2.40. The molecule has 0 aliphatic carbocycles. The molecular weight excluding hydrogens is 389 g/mol. The average Bonchev–Trinajstić information content (AvgIpc) is 3.36. The number of furan rings is 1. The molecule has 1 saturated heterocycles. The molecule has 1 fully saturated rings. The maximum absolute atomic E-state index is 13.5. The molecule has 30 heavy (non-hydrogen) atoms. The van der Waals surface area contributed by atoms with Crippen LogP contribution < -0.4 is 4.74 Å². The lowest BCUT2D eigenvalue weighted by Crippen LogP contribution is -2.29. The fourth-order valence-corrected chi connectivity index (χ4v) is 3.51. The third-order valence-electron chi connectivity index (χ3n) is 5.00. The lowest BCUT2D eigenvalue weighted by atomic mass is 9.95. The minimum Gasteiger partial charge on any atom is -0.507 e. The van der Waals surface area contributed by atoms with Crippen LogP contribution in [0, 0.1) is 5.82 Å². The van der Waals surface area contributed by atoms with Crippen LogP contribution in [-0.2, 0) is 16.1 Å². The van der Waals surface area contributed by atoms with Crippen molar-refractivity contribution < 1.29 is 28.2 Å². The third kappa shape index (κ3) is 3.45. The van der Waals surface area contributed by atoms with Gasteiger partial charge in [0, 0.05) is 5.56 Å². The number of likely N-dealkylation sites (tertiary alicyclic amines) is 1. The summed E-state index contributed by atoms with van der Waals surface area (Å²) in [5, 5.41) is 10.9. The van der Waals surface area contributed by atoms with Crippen molar-refractivity contribution in [2.75, 3.05) is 7.11 Å². The van der Waals surface area contributed by atoms with Gasteiger partial charge in [-0.2, -0.15) is 0 Å². The van der Waals surface area contributed by atoms with E-state index in [0.717, 1.165) is 0 Å². The van der Waals surface area contributed by atoms with Crippen molar-refractivity contribution in [3.05, 3.63) is 95.2 Å². The highest BCUT2D eigenvalue weighted by Gasteiger charge is 2.46. The molecule has 1 aliphatic heterocycles. The first-order chi connectivity index (χ1) is 14.5. The molecule has 1 aromatic heterocycles. The van der Waals surface area contributed by atoms with E-state index in [4.69, 9.17) is 9.15 Å². The van der Waals surface area contributed by atoms with Gasteiger partial charge in [-0.25, -0.2) is 4.39 Å². The summed E-state index contributed by atoms with van der Waals surface area (Å²) in [6.07, 6.45) is 1.47. The molecule has 152 valence electrons. The number of carbonyl (C=O) groups is 2. The number of nitrogens with zero attached hydrogens (tertiary/aromatic N) is 1. The summed E-state index contributed by atoms with van der Waals surface area (Å²) < 4.78 is 23.9. The van der Waals surface area contributed by atoms with E-state index in [9.17, 15) is 19.1 Å². The Balaban J connectivity index is 1.84. The summed E-state index contributed by atoms with van der Waals surface area (Å²) in [5.41, 5.74) is 0.791. The van der Waals surface area contributed by atoms with Crippen molar-refractivity contribution in [2.24, 2.45) is 0 Å². The Morgan fingerprint density at radius 1 is 1.10 bits per heavy atom. The number of methoxy groups -OCH3 is 1. The first kappa shape index (κ1) is 19.4. The van der Waals surface area contributed by atoms with Crippen LogP contribution in [0.25, 0.3) is 5.76 Å². The summed E-state index contributed by atoms with van der Waals surface area (Å²) in [7, 11) is 1.52. The number of benzene rings is 2. The second kappa shape index (κ2) is 7.87. The lowest BCUT2D eigenvalue weighted by Gasteiger charge is -2.24. The second-order valence-electron chi connectivity index (χ2n) is 6.79. The molecule has 4 rings (SSSR count). The van der Waals surface area contributed by atoms with Gasteiger partial charge in [-0.05, 0) is 54.1 Å². The minimum atomic E-state index is -0.891. The molecule has 3 aromatic rings. The van der Waals surface area contributed by atoms with E-state index < -0.39 is 23.5 Å². The molecule has 1 atom stereocenters. The molecule has 0 bridgehead atoms. The van der Waals surface area contributed by atoms with Crippen molar-refractivity contribution in [1.82, 2.24) is 4.90 Å². The summed E-state index contributed by atoms with van der Waals surface area (Å²) >= 11 is 0. The molecule has 7 heteroatoms. The fourth-order valence-electron chi connectivity index (χ4n) is 3.51. The molecule has 1 unspecified atom stereocenters. The molecule has 0 saturated carbocycles. The number of Topliss-reactive ketones (excluding diaryl/α,β-unsaturated/α-hetero) is 1. The highest BCUT2D eigenvalue weighted by molar-refractivity contribution is 6.46. The van der Waals surface area contributed by atoms with Crippen LogP contribution >= 0.6 is 0 Å². The van der Waals surface area contributed by atoms with E-state index in [-0.39, 0.29) is 17.9 Å². The van der Waals surface area contributed by atoms with E-state index in [1.807, 2.05) is 0 Å². The zero-order valence-corrected chi connectivity index (χ0v) is 16.0. The summed E-state index contributed by atoms with van der Waals surface area (Å²) in [6, 6.07) is 14.4. The Morgan fingerprint density at radius 2 is 1.80 bits per heavy atom. The standard InChI is InChI=1S/C23H18FNO5/c1-29-17-10-6-15(7-11-17)21(26)19-20(14-4-8-16(24)9-5-14)25(23(28)22(19)27)13-18-3-2-12-30-18/h2-12,20,26H,13H2,1H3. The van der Waals surface area contributed by atoms with Gasteiger partial charge in [0.15, 0.2) is 0 Å². The van der Waals surface area contributed by atoms with Gasteiger partial charge in [-0.3, -0.25) is 9.59 Å². The SMILES string of the molecule is COc1ccc(C(O)=C2C(=O)C(=O)N(Cc3ccco3)C2c2ccc(F)cc2)cc1. The number of amides is 1. The van der Waals surface area contributed by atoms with Gasteiger partial charge in [0.1, 0.15) is 23.1 Å². The summed E-state index contributed by atoms with van der Waals surface area (Å²) in [4.78, 5) is 27.0. The average molecular weight is 407 g/mol. The minimum absolute atomic E-state index is 0.0268. The fraction of sp³-hybridized carbons (Fsp3) is 0.130. The van der Waals surface area contributed by atoms with Crippen LogP contribution in [0.4, 0.5) is 4.39 Å². The van der Waals surface area contributed by atoms with E-state index in [2.05, 4.69) is 0 Å². The zero-order chi connectivity index (χ0) is 21.3. The molecule has 1 amide bonds. The van der Waals surface area contributed by atoms with Gasteiger partial charge >= 0.3 is 0 Å². The van der Waals surface area contributed by atoms with Gasteiger partial charge in [0.05, 0.1) is 31.5 Å². The zero-order valence-electron chi connectivity index (χ0n) is 16.0. The predicted molar refractivity (Wildman–Crippen MR) is 106 cm³/mol. The number of aliphatic hydroxyl groups excluding tert-OH is 1. The second-order valence-corrected chi connectivity index (χ2v) is 6.79. The molecule has 1 aliphatic rings. The first-order valence-electron chi connectivity index (χ1n) is 9.20. The number of ketones is 1. The number of halogens is 1. The van der Waals surface area contributed by atoms with Crippen LogP contribution in [0.3, 0.4) is 0 Å². The van der Waals surface area contributed by atoms with Crippen LogP contribution in [0.5, 0.6) is 5.75 Å². The largest absolute Gasteiger partial charge is 0.507 e. The molecule has 6 nitrogen and oxygen atoms in total. The Labute approximate surface area is 171 Å². The molecular formula is C23H18FNO5. The first-order valence-corrected chi connectivity index (χ1v) is 9.20. The Bertz CT molecular complexity index is 1100. The monoisotopic (exact) mass is 407 g/mol. The molecule has 0 radical (unpaired) electrons. The van der Waals surface area contributed by atoms with Crippen molar-refractivity contribution in [3.63, 3.8) is 0 Å². The van der Waals surface area contributed by atoms with Crippen molar-refractivity contribution in [3.8, 4) is 5.75 Å². The molecule has 0 spiro atoms. The van der Waals surface area contributed by atoms with Gasteiger partial charge < -0.3 is 19.2 Å². The van der Waals surface area contributed by atoms with Crippen molar-refractivity contribution >= 4 is 17.4 Å². The van der Waals surface area contributed by atoms with Gasteiger partial charge in [-0.1, -0.05) is 12.1 Å². The van der Waals surface area contributed by atoms with E-state index >= 15 is 0 Å². The van der Waals surface area contributed by atoms with E-state index in [1.165, 1.54) is 42.5 Å². The van der Waals surface area contributed by atoms with Crippen molar-refractivity contribution in [1.29, 1.82) is 0 Å². The third-order valence-corrected chi connectivity index (χ3v) is 5.00. The lowest BCUT2D eigenvalue weighted by molar-refractivity contribution is -0.140. The number of hydrogen-bond acceptors (Lipinski definition) is 5. The van der Waals surface area contributed by atoms with Crippen molar-refractivity contribution in [2.45, 2.75) is 12.6 Å². The van der Waals surface area contributed by atoms with E-state index in [0.29, 0.717) is 22.6 Å². The van der Waals surface area contributed by atoms with Crippen LogP contribution in [0.15, 0.2) is 76.9 Å². The highest BCUT2D eigenvalue weighted by atomic mass is 19.1. The van der Waals surface area contributed by atoms with Crippen LogP contribution in [0.1, 0.15) is 22.9 Å². The van der Waals surface area contributed by atoms with Crippen LogP contribution in [0.2, 0.25) is 0 Å². The molecule has 2 aromatic carbocycles. The Kier molecular flexibility index (Phi) is 5.10. The quantitative estimate of drug-likeness (QED) is 0.392. The normalized spacial score (nSPS) is 18.1. The van der Waals surface area contributed by atoms with Gasteiger partial charge in [0.25, 0.3) is 11.7 Å². The van der Waals surface area contributed by atoms with Gasteiger partial charge in [-0.15, -0.1) is 0 Å². The number of aliphatic hydroxyl groups is 1. The predicted octanol–water partition coefficient (Wildman–Crippen LogP) is 4.05. The maximum Gasteiger partial charge on any atom is 0.296 e. The number of rotatable bonds is 5.